The molecule has 0 radical (unpaired) electrons. The second-order valence-corrected chi connectivity index (χ2v) is 8.12. The van der Waals surface area contributed by atoms with Gasteiger partial charge in [-0.1, -0.05) is 25.0 Å². The molecule has 3 rings (SSSR count). The van der Waals surface area contributed by atoms with Crippen LogP contribution in [0.2, 0.25) is 0 Å². The number of aryl methyl sites for hydroxylation is 1. The van der Waals surface area contributed by atoms with Gasteiger partial charge in [0.2, 0.25) is 23.6 Å². The fraction of sp³-hybridized carbons (Fsp3) is 0.545. The minimum Gasteiger partial charge on any atom is -0.336 e. The Labute approximate surface area is 171 Å². The summed E-state index contributed by atoms with van der Waals surface area (Å²) in [6, 6.07) is 5.66. The molecule has 0 bridgehead atoms. The number of nitrogens with one attached hydrogen (secondary N) is 1. The molecule has 0 unspecified atom stereocenters. The van der Waals surface area contributed by atoms with Crippen LogP contribution in [0.15, 0.2) is 18.2 Å². The zero-order valence-corrected chi connectivity index (χ0v) is 17.4. The van der Waals surface area contributed by atoms with Crippen molar-refractivity contribution in [2.75, 3.05) is 25.5 Å². The molecule has 29 heavy (non-hydrogen) atoms. The zero-order valence-electron chi connectivity index (χ0n) is 17.4. The molecule has 1 saturated carbocycles. The Morgan fingerprint density at radius 1 is 1.10 bits per heavy atom. The predicted molar refractivity (Wildman–Crippen MR) is 109 cm³/mol. The summed E-state index contributed by atoms with van der Waals surface area (Å²) in [5, 5.41) is 2.83. The second kappa shape index (κ2) is 8.76. The number of fused-ring (bicyclic) bond motifs is 1. The van der Waals surface area contributed by atoms with Gasteiger partial charge in [0.15, 0.2) is 0 Å². The van der Waals surface area contributed by atoms with Crippen LogP contribution in [0, 0.1) is 25.7 Å². The first-order valence-electron chi connectivity index (χ1n) is 10.2. The van der Waals surface area contributed by atoms with Gasteiger partial charge in [-0.2, -0.15) is 0 Å². The molecular formula is C22H29N3O4. The number of imide groups is 1. The highest BCUT2D eigenvalue weighted by atomic mass is 16.2. The summed E-state index contributed by atoms with van der Waals surface area (Å²) in [4.78, 5) is 52.3. The van der Waals surface area contributed by atoms with E-state index < -0.39 is 0 Å². The third-order valence-corrected chi connectivity index (χ3v) is 6.17. The Kier molecular flexibility index (Phi) is 6.35. The molecule has 2 aliphatic rings. The molecule has 1 saturated heterocycles. The summed E-state index contributed by atoms with van der Waals surface area (Å²) in [6.07, 6.45) is 3.51. The number of likely N-dealkylation sites (N-methyl/N-ethyl adjacent to an activating group) is 1. The molecule has 1 N–H and O–H groups in total. The smallest absolute Gasteiger partial charge is 0.243 e. The fourth-order valence-electron chi connectivity index (χ4n) is 4.23. The van der Waals surface area contributed by atoms with Gasteiger partial charge in [-0.05, 0) is 43.9 Å². The molecular weight excluding hydrogens is 370 g/mol. The third-order valence-electron chi connectivity index (χ3n) is 6.17. The van der Waals surface area contributed by atoms with Gasteiger partial charge >= 0.3 is 0 Å². The van der Waals surface area contributed by atoms with Crippen molar-refractivity contribution in [1.82, 2.24) is 9.80 Å². The van der Waals surface area contributed by atoms with Crippen molar-refractivity contribution in [3.63, 3.8) is 0 Å². The van der Waals surface area contributed by atoms with Gasteiger partial charge in [0.1, 0.15) is 0 Å². The molecule has 1 aromatic rings. The van der Waals surface area contributed by atoms with Crippen molar-refractivity contribution in [3.8, 4) is 0 Å². The lowest BCUT2D eigenvalue weighted by atomic mass is 9.81. The van der Waals surface area contributed by atoms with E-state index in [9.17, 15) is 19.2 Å². The van der Waals surface area contributed by atoms with E-state index in [4.69, 9.17) is 0 Å². The summed E-state index contributed by atoms with van der Waals surface area (Å²) in [6.45, 7) is 3.91. The maximum atomic E-state index is 12.5. The van der Waals surface area contributed by atoms with Crippen LogP contribution in [0.1, 0.15) is 43.2 Å². The lowest BCUT2D eigenvalue weighted by Gasteiger charge is -2.20. The highest BCUT2D eigenvalue weighted by Gasteiger charge is 2.47. The fourth-order valence-corrected chi connectivity index (χ4v) is 4.23. The molecule has 156 valence electrons. The third kappa shape index (κ3) is 4.49. The molecule has 2 fully saturated rings. The molecule has 7 nitrogen and oxygen atoms in total. The van der Waals surface area contributed by atoms with E-state index >= 15 is 0 Å². The Bertz CT molecular complexity index is 811. The van der Waals surface area contributed by atoms with E-state index in [2.05, 4.69) is 5.32 Å². The van der Waals surface area contributed by atoms with Gasteiger partial charge in [-0.3, -0.25) is 24.1 Å². The maximum Gasteiger partial charge on any atom is 0.243 e. The number of nitrogens with zero attached hydrogens (tertiary/aromatic N) is 2. The van der Waals surface area contributed by atoms with Crippen LogP contribution in [0.5, 0.6) is 0 Å². The summed E-state index contributed by atoms with van der Waals surface area (Å²) < 4.78 is 0. The minimum atomic E-state index is -0.283. The van der Waals surface area contributed by atoms with Crippen molar-refractivity contribution in [1.29, 1.82) is 0 Å². The molecule has 1 aliphatic carbocycles. The number of benzene rings is 1. The quantitative estimate of drug-likeness (QED) is 0.744. The van der Waals surface area contributed by atoms with E-state index in [-0.39, 0.29) is 55.0 Å². The van der Waals surface area contributed by atoms with Crippen LogP contribution in [-0.4, -0.2) is 53.6 Å². The van der Waals surface area contributed by atoms with Gasteiger partial charge in [-0.25, -0.2) is 0 Å². The summed E-state index contributed by atoms with van der Waals surface area (Å²) >= 11 is 0. The first kappa shape index (κ1) is 21.0. The van der Waals surface area contributed by atoms with Gasteiger partial charge < -0.3 is 10.2 Å². The Morgan fingerprint density at radius 2 is 1.72 bits per heavy atom. The lowest BCUT2D eigenvalue weighted by Crippen LogP contribution is -2.38. The van der Waals surface area contributed by atoms with Gasteiger partial charge in [0.25, 0.3) is 0 Å². The number of carbonyl (C=O) groups is 4. The molecule has 0 aromatic heterocycles. The monoisotopic (exact) mass is 399 g/mol. The van der Waals surface area contributed by atoms with Crippen molar-refractivity contribution < 1.29 is 19.2 Å². The SMILES string of the molecule is Cc1cccc(NC(=O)CN(C)C(=O)CCN2C(=O)[C@@H]3CCCC[C@H]3C2=O)c1C. The van der Waals surface area contributed by atoms with Gasteiger partial charge in [-0.15, -0.1) is 0 Å². The molecule has 4 amide bonds. The van der Waals surface area contributed by atoms with Gasteiger partial charge in [0.05, 0.1) is 18.4 Å². The number of hydrogen-bond acceptors (Lipinski definition) is 4. The van der Waals surface area contributed by atoms with Crippen molar-refractivity contribution >= 4 is 29.3 Å². The van der Waals surface area contributed by atoms with Crippen LogP contribution in [0.3, 0.4) is 0 Å². The Morgan fingerprint density at radius 3 is 2.34 bits per heavy atom. The maximum absolute atomic E-state index is 12.5. The number of carbonyl (C=O) groups excluding carboxylic acids is 4. The van der Waals surface area contributed by atoms with Crippen molar-refractivity contribution in [2.24, 2.45) is 11.8 Å². The topological polar surface area (TPSA) is 86.8 Å². The number of anilines is 1. The molecule has 0 spiro atoms. The summed E-state index contributed by atoms with van der Waals surface area (Å²) in [7, 11) is 1.55. The standard InChI is InChI=1S/C22H29N3O4/c1-14-7-6-10-18(15(14)2)23-19(26)13-24(3)20(27)11-12-25-21(28)16-8-4-5-9-17(16)22(25)29/h6-7,10,16-17H,4-5,8-9,11-13H2,1-3H3,(H,23,26)/t16-,17-/m1/s1. The van der Waals surface area contributed by atoms with Crippen LogP contribution < -0.4 is 5.32 Å². The van der Waals surface area contributed by atoms with Crippen LogP contribution >= 0.6 is 0 Å². The molecule has 1 aliphatic heterocycles. The Balaban J connectivity index is 1.50. The first-order chi connectivity index (χ1) is 13.8. The van der Waals surface area contributed by atoms with E-state index in [0.29, 0.717) is 0 Å². The van der Waals surface area contributed by atoms with Crippen molar-refractivity contribution in [2.45, 2.75) is 46.0 Å². The average molecular weight is 399 g/mol. The van der Waals surface area contributed by atoms with Crippen LogP contribution in [0.25, 0.3) is 0 Å². The molecule has 7 heteroatoms. The highest BCUT2D eigenvalue weighted by molar-refractivity contribution is 6.05. The molecule has 1 heterocycles. The number of amides is 4. The number of rotatable bonds is 6. The normalized spacial score (nSPS) is 21.1. The lowest BCUT2D eigenvalue weighted by molar-refractivity contribution is -0.141. The van der Waals surface area contributed by atoms with E-state index in [1.807, 2.05) is 32.0 Å². The zero-order chi connectivity index (χ0) is 21.1. The highest BCUT2D eigenvalue weighted by Crippen LogP contribution is 2.37. The summed E-state index contributed by atoms with van der Waals surface area (Å²) in [5.74, 6) is -1.23. The summed E-state index contributed by atoms with van der Waals surface area (Å²) in [5.41, 5.74) is 2.79. The average Bonchev–Trinajstić information content (AvgIpc) is 2.94. The minimum absolute atomic E-state index is 0.0319. The van der Waals surface area contributed by atoms with Crippen LogP contribution in [0.4, 0.5) is 5.69 Å². The van der Waals surface area contributed by atoms with E-state index in [1.54, 1.807) is 7.05 Å². The Hall–Kier alpha value is -2.70. The van der Waals surface area contributed by atoms with E-state index in [1.165, 1.54) is 9.80 Å². The number of hydrogen-bond donors (Lipinski definition) is 1. The van der Waals surface area contributed by atoms with E-state index in [0.717, 1.165) is 42.5 Å². The molecule has 2 atom stereocenters. The number of likely N-dealkylation sites (tertiary alicyclic amines) is 1. The second-order valence-electron chi connectivity index (χ2n) is 8.12. The van der Waals surface area contributed by atoms with Crippen molar-refractivity contribution in [3.05, 3.63) is 29.3 Å². The largest absolute Gasteiger partial charge is 0.336 e. The first-order valence-corrected chi connectivity index (χ1v) is 10.2. The molecule has 1 aromatic carbocycles. The van der Waals surface area contributed by atoms with Crippen LogP contribution in [-0.2, 0) is 19.2 Å². The van der Waals surface area contributed by atoms with Gasteiger partial charge in [0, 0.05) is 25.7 Å². The predicted octanol–water partition coefficient (Wildman–Crippen LogP) is 2.27.